The van der Waals surface area contributed by atoms with Crippen LogP contribution < -0.4 is 11.1 Å². The Morgan fingerprint density at radius 1 is 1.45 bits per heavy atom. The van der Waals surface area contributed by atoms with Crippen molar-refractivity contribution in [1.82, 2.24) is 9.88 Å². The van der Waals surface area contributed by atoms with Gasteiger partial charge in [0.1, 0.15) is 0 Å². The number of urea groups is 1. The van der Waals surface area contributed by atoms with Crippen LogP contribution in [-0.2, 0) is 4.74 Å². The highest BCUT2D eigenvalue weighted by Crippen LogP contribution is 2.17. The number of anilines is 1. The second-order valence-corrected chi connectivity index (χ2v) is 5.52. The van der Waals surface area contributed by atoms with Crippen molar-refractivity contribution in [1.29, 1.82) is 0 Å². The molecule has 1 atom stereocenters. The molecular weight excluding hydrogens is 286 g/mol. The van der Waals surface area contributed by atoms with Crippen LogP contribution in [0.4, 0.5) is 10.5 Å². The van der Waals surface area contributed by atoms with Crippen molar-refractivity contribution >= 4 is 22.8 Å². The number of aromatic amines is 1. The molecule has 2 aromatic rings. The molecule has 7 heteroatoms. The molecular formula is C15H19N3O4. The number of fused-ring (bicyclic) bond motifs is 1. The quantitative estimate of drug-likeness (QED) is 0.909. The van der Waals surface area contributed by atoms with Gasteiger partial charge in [-0.2, -0.15) is 0 Å². The maximum absolute atomic E-state index is 12.2. The van der Waals surface area contributed by atoms with Crippen molar-refractivity contribution in [3.05, 3.63) is 28.7 Å². The molecule has 1 aromatic heterocycles. The number of hydrogen-bond donors (Lipinski definition) is 2. The fourth-order valence-corrected chi connectivity index (χ4v) is 2.58. The number of likely N-dealkylation sites (N-methyl/N-ethyl adjacent to an activating group) is 1. The van der Waals surface area contributed by atoms with Crippen molar-refractivity contribution in [2.45, 2.75) is 25.4 Å². The third-order valence-electron chi connectivity index (χ3n) is 3.77. The fourth-order valence-electron chi connectivity index (χ4n) is 2.58. The minimum absolute atomic E-state index is 0.106. The summed E-state index contributed by atoms with van der Waals surface area (Å²) >= 11 is 0. The van der Waals surface area contributed by atoms with Gasteiger partial charge in [0, 0.05) is 32.0 Å². The molecule has 22 heavy (non-hydrogen) atoms. The molecule has 0 radical (unpaired) electrons. The van der Waals surface area contributed by atoms with Crippen LogP contribution in [0.15, 0.2) is 27.4 Å². The van der Waals surface area contributed by atoms with Crippen LogP contribution in [0.1, 0.15) is 19.3 Å². The van der Waals surface area contributed by atoms with Crippen LogP contribution in [0.25, 0.3) is 11.1 Å². The molecule has 1 aliphatic heterocycles. The normalized spacial score (nSPS) is 18.3. The molecule has 2 N–H and O–H groups in total. The highest BCUT2D eigenvalue weighted by Gasteiger charge is 2.19. The molecule has 1 saturated heterocycles. The summed E-state index contributed by atoms with van der Waals surface area (Å²) in [5, 5.41) is 2.79. The van der Waals surface area contributed by atoms with Gasteiger partial charge in [-0.1, -0.05) is 0 Å². The highest BCUT2D eigenvalue weighted by atomic mass is 16.5. The SMILES string of the molecule is CN(CC1CCCCO1)C(=O)Nc1ccc2[nH]c(=O)oc2c1. The summed E-state index contributed by atoms with van der Waals surface area (Å²) in [6, 6.07) is 4.82. The largest absolute Gasteiger partial charge is 0.417 e. The number of oxazole rings is 1. The van der Waals surface area contributed by atoms with E-state index in [1.807, 2.05) is 0 Å². The van der Waals surface area contributed by atoms with Crippen LogP contribution in [0.2, 0.25) is 0 Å². The van der Waals surface area contributed by atoms with E-state index in [0.29, 0.717) is 23.3 Å². The maximum Gasteiger partial charge on any atom is 0.417 e. The van der Waals surface area contributed by atoms with E-state index < -0.39 is 5.76 Å². The molecule has 0 spiro atoms. The van der Waals surface area contributed by atoms with E-state index in [2.05, 4.69) is 10.3 Å². The Hall–Kier alpha value is -2.28. The van der Waals surface area contributed by atoms with Crippen molar-refractivity contribution in [3.63, 3.8) is 0 Å². The predicted molar refractivity (Wildman–Crippen MR) is 82.1 cm³/mol. The number of ether oxygens (including phenoxy) is 1. The first-order valence-corrected chi connectivity index (χ1v) is 7.38. The first-order chi connectivity index (χ1) is 10.6. The summed E-state index contributed by atoms with van der Waals surface area (Å²) in [5.74, 6) is -0.509. The zero-order chi connectivity index (χ0) is 15.5. The van der Waals surface area contributed by atoms with Crippen molar-refractivity contribution < 1.29 is 13.9 Å². The number of H-pyrrole nitrogens is 1. The summed E-state index contributed by atoms with van der Waals surface area (Å²) in [7, 11) is 1.74. The van der Waals surface area contributed by atoms with Gasteiger partial charge >= 0.3 is 11.8 Å². The number of hydrogen-bond acceptors (Lipinski definition) is 4. The van der Waals surface area contributed by atoms with Crippen molar-refractivity contribution in [3.8, 4) is 0 Å². The third kappa shape index (κ3) is 3.30. The number of nitrogens with zero attached hydrogens (tertiary/aromatic N) is 1. The van der Waals surface area contributed by atoms with E-state index in [9.17, 15) is 9.59 Å². The average Bonchev–Trinajstić information content (AvgIpc) is 2.87. The Balaban J connectivity index is 1.62. The highest BCUT2D eigenvalue weighted by molar-refractivity contribution is 5.91. The van der Waals surface area contributed by atoms with Gasteiger partial charge in [-0.15, -0.1) is 0 Å². The van der Waals surface area contributed by atoms with Crippen LogP contribution in [-0.4, -0.2) is 42.2 Å². The van der Waals surface area contributed by atoms with E-state index in [-0.39, 0.29) is 12.1 Å². The molecule has 2 amide bonds. The van der Waals surface area contributed by atoms with Crippen molar-refractivity contribution in [2.75, 3.05) is 25.5 Å². The Morgan fingerprint density at radius 2 is 2.32 bits per heavy atom. The van der Waals surface area contributed by atoms with Gasteiger partial charge in [0.2, 0.25) is 0 Å². The Kier molecular flexibility index (Phi) is 4.15. The Morgan fingerprint density at radius 3 is 3.09 bits per heavy atom. The maximum atomic E-state index is 12.2. The minimum atomic E-state index is -0.509. The summed E-state index contributed by atoms with van der Waals surface area (Å²) in [6.07, 6.45) is 3.32. The lowest BCUT2D eigenvalue weighted by Gasteiger charge is -2.27. The smallest absolute Gasteiger partial charge is 0.408 e. The van der Waals surface area contributed by atoms with Crippen molar-refractivity contribution in [2.24, 2.45) is 0 Å². The second-order valence-electron chi connectivity index (χ2n) is 5.52. The van der Waals surface area contributed by atoms with Gasteiger partial charge in [0.15, 0.2) is 5.58 Å². The summed E-state index contributed by atoms with van der Waals surface area (Å²) < 4.78 is 10.6. The molecule has 0 aliphatic carbocycles. The molecule has 1 unspecified atom stereocenters. The number of carbonyl (C=O) groups excluding carboxylic acids is 1. The number of amides is 2. The van der Waals surface area contributed by atoms with Crippen LogP contribution in [0.3, 0.4) is 0 Å². The first-order valence-electron chi connectivity index (χ1n) is 7.38. The molecule has 1 aromatic carbocycles. The van der Waals surface area contributed by atoms with E-state index in [1.165, 1.54) is 0 Å². The van der Waals surface area contributed by atoms with Gasteiger partial charge in [0.05, 0.1) is 11.6 Å². The van der Waals surface area contributed by atoms with Gasteiger partial charge in [-0.3, -0.25) is 4.98 Å². The molecule has 1 aliphatic rings. The first kappa shape index (κ1) is 14.6. The second kappa shape index (κ2) is 6.23. The average molecular weight is 305 g/mol. The molecule has 0 bridgehead atoms. The van der Waals surface area contributed by atoms with Gasteiger partial charge < -0.3 is 19.4 Å². The Labute approximate surface area is 127 Å². The molecule has 1 fully saturated rings. The summed E-state index contributed by atoms with van der Waals surface area (Å²) in [4.78, 5) is 27.5. The zero-order valence-electron chi connectivity index (χ0n) is 12.4. The fraction of sp³-hybridized carbons (Fsp3) is 0.467. The Bertz CT molecular complexity index is 715. The van der Waals surface area contributed by atoms with Gasteiger partial charge in [0.25, 0.3) is 0 Å². The van der Waals surface area contributed by atoms with Gasteiger partial charge in [-0.05, 0) is 31.4 Å². The molecule has 2 heterocycles. The van der Waals surface area contributed by atoms with Crippen LogP contribution in [0.5, 0.6) is 0 Å². The van der Waals surface area contributed by atoms with E-state index in [4.69, 9.17) is 9.15 Å². The molecule has 118 valence electrons. The molecule has 3 rings (SSSR count). The zero-order valence-corrected chi connectivity index (χ0v) is 12.4. The van der Waals surface area contributed by atoms with Gasteiger partial charge in [-0.25, -0.2) is 9.59 Å². The topological polar surface area (TPSA) is 87.6 Å². The standard InChI is InChI=1S/C15H19N3O4/c1-18(9-11-4-2-3-7-21-11)14(19)16-10-5-6-12-13(8-10)22-15(20)17-12/h5-6,8,11H,2-4,7,9H2,1H3,(H,16,19)(H,17,20). The van der Waals surface area contributed by atoms with E-state index >= 15 is 0 Å². The third-order valence-corrected chi connectivity index (χ3v) is 3.77. The monoisotopic (exact) mass is 305 g/mol. The summed E-state index contributed by atoms with van der Waals surface area (Å²) in [6.45, 7) is 1.33. The molecule has 0 saturated carbocycles. The summed E-state index contributed by atoms with van der Waals surface area (Å²) in [5.41, 5.74) is 1.60. The lowest BCUT2D eigenvalue weighted by Crippen LogP contribution is -2.39. The number of benzene rings is 1. The number of rotatable bonds is 3. The molecule has 7 nitrogen and oxygen atoms in total. The van der Waals surface area contributed by atoms with Crippen LogP contribution >= 0.6 is 0 Å². The lowest BCUT2D eigenvalue weighted by atomic mass is 10.1. The van der Waals surface area contributed by atoms with Crippen LogP contribution in [0, 0.1) is 0 Å². The number of carbonyl (C=O) groups is 1. The predicted octanol–water partition coefficient (Wildman–Crippen LogP) is 2.15. The minimum Gasteiger partial charge on any atom is -0.408 e. The number of aromatic nitrogens is 1. The van der Waals surface area contributed by atoms with E-state index in [0.717, 1.165) is 25.9 Å². The number of nitrogens with one attached hydrogen (secondary N) is 2. The lowest BCUT2D eigenvalue weighted by molar-refractivity contribution is 0.00463. The van der Waals surface area contributed by atoms with E-state index in [1.54, 1.807) is 30.1 Å².